The smallest absolute Gasteiger partial charge is 0.269 e. The zero-order valence-corrected chi connectivity index (χ0v) is 18.7. The number of sulfonamides is 1. The summed E-state index contributed by atoms with van der Waals surface area (Å²) >= 11 is 12.0. The molecule has 1 heterocycles. The van der Waals surface area contributed by atoms with Crippen LogP contribution in [-0.4, -0.2) is 61.2 Å². The lowest BCUT2D eigenvalue weighted by Crippen LogP contribution is -2.49. The van der Waals surface area contributed by atoms with Crippen LogP contribution in [0, 0.1) is 10.1 Å². The Labute approximate surface area is 189 Å². The molecule has 0 bridgehead atoms. The topological polar surface area (TPSA) is 113 Å². The maximum absolute atomic E-state index is 12.9. The standard InChI is InChI=1S/C19H20Cl2N4O5S/c20-16-2-1-3-17(19(16)21)31(29,30)24-12-10-23(11-13-24)9-8-18(26)22-14-4-6-15(7-5-14)25(27)28/h1-7H,8-13H2,(H,22,26). The molecular weight excluding hydrogens is 467 g/mol. The summed E-state index contributed by atoms with van der Waals surface area (Å²) < 4.78 is 27.1. The molecule has 1 amide bonds. The lowest BCUT2D eigenvalue weighted by molar-refractivity contribution is -0.384. The Bertz CT molecular complexity index is 1070. The average molecular weight is 487 g/mol. The van der Waals surface area contributed by atoms with E-state index in [1.54, 1.807) is 6.07 Å². The number of piperazine rings is 1. The number of hydrogen-bond acceptors (Lipinski definition) is 6. The quantitative estimate of drug-likeness (QED) is 0.474. The zero-order valence-electron chi connectivity index (χ0n) is 16.3. The van der Waals surface area contributed by atoms with Crippen LogP contribution in [0.15, 0.2) is 47.4 Å². The van der Waals surface area contributed by atoms with E-state index in [9.17, 15) is 23.3 Å². The van der Waals surface area contributed by atoms with Crippen LogP contribution in [0.3, 0.4) is 0 Å². The van der Waals surface area contributed by atoms with Gasteiger partial charge in [0.2, 0.25) is 15.9 Å². The van der Waals surface area contributed by atoms with Gasteiger partial charge in [-0.05, 0) is 24.3 Å². The van der Waals surface area contributed by atoms with Crippen molar-refractivity contribution < 1.29 is 18.1 Å². The summed E-state index contributed by atoms with van der Waals surface area (Å²) in [5, 5.41) is 13.6. The first-order valence-corrected chi connectivity index (χ1v) is 11.6. The van der Waals surface area contributed by atoms with Gasteiger partial charge in [0, 0.05) is 57.0 Å². The number of nitro groups is 1. The molecule has 31 heavy (non-hydrogen) atoms. The van der Waals surface area contributed by atoms with Crippen molar-refractivity contribution in [3.8, 4) is 0 Å². The molecule has 0 atom stereocenters. The van der Waals surface area contributed by atoms with E-state index in [0.717, 1.165) is 0 Å². The van der Waals surface area contributed by atoms with Crippen molar-refractivity contribution in [1.29, 1.82) is 0 Å². The molecule has 1 N–H and O–H groups in total. The molecule has 166 valence electrons. The fraction of sp³-hybridized carbons (Fsp3) is 0.316. The highest BCUT2D eigenvalue weighted by Crippen LogP contribution is 2.31. The van der Waals surface area contributed by atoms with Crippen molar-refractivity contribution in [1.82, 2.24) is 9.21 Å². The monoisotopic (exact) mass is 486 g/mol. The minimum atomic E-state index is -3.76. The number of nitro benzene ring substituents is 1. The van der Waals surface area contributed by atoms with Crippen LogP contribution in [0.4, 0.5) is 11.4 Å². The van der Waals surface area contributed by atoms with Gasteiger partial charge in [-0.3, -0.25) is 14.9 Å². The number of rotatable bonds is 7. The lowest BCUT2D eigenvalue weighted by Gasteiger charge is -2.34. The molecule has 0 radical (unpaired) electrons. The minimum Gasteiger partial charge on any atom is -0.326 e. The van der Waals surface area contributed by atoms with Crippen molar-refractivity contribution in [2.24, 2.45) is 0 Å². The van der Waals surface area contributed by atoms with Crippen LogP contribution in [-0.2, 0) is 14.8 Å². The first-order chi connectivity index (χ1) is 14.7. The molecule has 0 saturated carbocycles. The van der Waals surface area contributed by atoms with E-state index in [1.807, 2.05) is 4.90 Å². The van der Waals surface area contributed by atoms with E-state index < -0.39 is 14.9 Å². The second kappa shape index (κ2) is 9.92. The predicted octanol–water partition coefficient (Wildman–Crippen LogP) is 3.24. The van der Waals surface area contributed by atoms with E-state index in [2.05, 4.69) is 5.32 Å². The fourth-order valence-corrected chi connectivity index (χ4v) is 5.32. The van der Waals surface area contributed by atoms with E-state index >= 15 is 0 Å². The first kappa shape index (κ1) is 23.4. The summed E-state index contributed by atoms with van der Waals surface area (Å²) in [4.78, 5) is 24.3. The van der Waals surface area contributed by atoms with E-state index in [4.69, 9.17) is 23.2 Å². The van der Waals surface area contributed by atoms with Crippen LogP contribution in [0.25, 0.3) is 0 Å². The first-order valence-electron chi connectivity index (χ1n) is 9.39. The van der Waals surface area contributed by atoms with Gasteiger partial charge in [-0.2, -0.15) is 4.31 Å². The van der Waals surface area contributed by atoms with Gasteiger partial charge in [0.05, 0.1) is 15.0 Å². The van der Waals surface area contributed by atoms with E-state index in [1.165, 1.54) is 40.7 Å². The van der Waals surface area contributed by atoms with Gasteiger partial charge in [-0.15, -0.1) is 0 Å². The predicted molar refractivity (Wildman–Crippen MR) is 118 cm³/mol. The van der Waals surface area contributed by atoms with Crippen molar-refractivity contribution in [3.63, 3.8) is 0 Å². The lowest BCUT2D eigenvalue weighted by atomic mass is 10.2. The van der Waals surface area contributed by atoms with Crippen LogP contribution in [0.2, 0.25) is 10.0 Å². The summed E-state index contributed by atoms with van der Waals surface area (Å²) in [6.45, 7) is 1.96. The molecule has 0 aliphatic carbocycles. The molecule has 2 aromatic rings. The van der Waals surface area contributed by atoms with Crippen LogP contribution < -0.4 is 5.32 Å². The molecule has 0 spiro atoms. The van der Waals surface area contributed by atoms with Crippen LogP contribution in [0.5, 0.6) is 0 Å². The molecule has 1 aliphatic heterocycles. The fourth-order valence-electron chi connectivity index (χ4n) is 3.17. The Hall–Kier alpha value is -2.24. The van der Waals surface area contributed by atoms with Crippen molar-refractivity contribution in [2.45, 2.75) is 11.3 Å². The van der Waals surface area contributed by atoms with Gasteiger partial charge >= 0.3 is 0 Å². The Morgan fingerprint density at radius 3 is 2.32 bits per heavy atom. The molecule has 1 saturated heterocycles. The number of anilines is 1. The number of amides is 1. The molecule has 1 fully saturated rings. The Balaban J connectivity index is 1.49. The number of nitrogens with one attached hydrogen (secondary N) is 1. The molecule has 0 aromatic heterocycles. The number of carbonyl (C=O) groups is 1. The molecule has 9 nitrogen and oxygen atoms in total. The third-order valence-corrected chi connectivity index (χ3v) is 7.75. The van der Waals surface area contributed by atoms with Gasteiger partial charge in [-0.1, -0.05) is 29.3 Å². The maximum Gasteiger partial charge on any atom is 0.269 e. The average Bonchev–Trinajstić information content (AvgIpc) is 2.74. The number of carbonyl (C=O) groups excluding carboxylic acids is 1. The minimum absolute atomic E-state index is 0.00881. The summed E-state index contributed by atoms with van der Waals surface area (Å²) in [6, 6.07) is 10.1. The maximum atomic E-state index is 12.9. The molecular formula is C19H20Cl2N4O5S. The number of non-ortho nitro benzene ring substituents is 1. The summed E-state index contributed by atoms with van der Waals surface area (Å²) in [5.41, 5.74) is 0.426. The van der Waals surface area contributed by atoms with Crippen molar-refractivity contribution >= 4 is 50.5 Å². The second-order valence-corrected chi connectivity index (χ2v) is 9.59. The van der Waals surface area contributed by atoms with E-state index in [0.29, 0.717) is 25.3 Å². The highest BCUT2D eigenvalue weighted by Gasteiger charge is 2.30. The molecule has 0 unspecified atom stereocenters. The largest absolute Gasteiger partial charge is 0.326 e. The summed E-state index contributed by atoms with van der Waals surface area (Å²) in [6.07, 6.45) is 0.212. The van der Waals surface area contributed by atoms with E-state index in [-0.39, 0.29) is 46.0 Å². The number of halogens is 2. The van der Waals surface area contributed by atoms with Crippen molar-refractivity contribution in [2.75, 3.05) is 38.0 Å². The SMILES string of the molecule is O=C(CCN1CCN(S(=O)(=O)c2cccc(Cl)c2Cl)CC1)Nc1ccc([N+](=O)[O-])cc1. The van der Waals surface area contributed by atoms with Gasteiger partial charge in [0.1, 0.15) is 4.90 Å². The highest BCUT2D eigenvalue weighted by atomic mass is 35.5. The van der Waals surface area contributed by atoms with Crippen molar-refractivity contribution in [3.05, 3.63) is 62.6 Å². The van der Waals surface area contributed by atoms with Crippen LogP contribution >= 0.6 is 23.2 Å². The number of benzene rings is 2. The van der Waals surface area contributed by atoms with Gasteiger partial charge in [-0.25, -0.2) is 8.42 Å². The number of nitrogens with zero attached hydrogens (tertiary/aromatic N) is 3. The Morgan fingerprint density at radius 2 is 1.71 bits per heavy atom. The Morgan fingerprint density at radius 1 is 1.06 bits per heavy atom. The van der Waals surface area contributed by atoms with Gasteiger partial charge in [0.25, 0.3) is 5.69 Å². The molecule has 12 heteroatoms. The molecule has 3 rings (SSSR count). The third kappa shape index (κ3) is 5.72. The van der Waals surface area contributed by atoms with Crippen LogP contribution in [0.1, 0.15) is 6.42 Å². The summed E-state index contributed by atoms with van der Waals surface area (Å²) in [5.74, 6) is -0.227. The Kier molecular flexibility index (Phi) is 7.50. The number of hydrogen-bond donors (Lipinski definition) is 1. The summed E-state index contributed by atoms with van der Waals surface area (Å²) in [7, 11) is -3.76. The molecule has 2 aromatic carbocycles. The zero-order chi connectivity index (χ0) is 22.6. The third-order valence-electron chi connectivity index (χ3n) is 4.88. The molecule has 1 aliphatic rings. The normalized spacial score (nSPS) is 15.5. The van der Waals surface area contributed by atoms with Gasteiger partial charge < -0.3 is 10.2 Å². The second-order valence-electron chi connectivity index (χ2n) is 6.90. The highest BCUT2D eigenvalue weighted by molar-refractivity contribution is 7.89. The van der Waals surface area contributed by atoms with Gasteiger partial charge in [0.15, 0.2) is 0 Å².